The molecule has 0 radical (unpaired) electrons. The van der Waals surface area contributed by atoms with Gasteiger partial charge in [-0.15, -0.1) is 0 Å². The molecule has 1 heterocycles. The number of nitrogens with zero attached hydrogens (tertiary/aromatic N) is 1. The number of halogens is 2. The van der Waals surface area contributed by atoms with Gasteiger partial charge in [0.15, 0.2) is 0 Å². The summed E-state index contributed by atoms with van der Waals surface area (Å²) in [6.45, 7) is 0. The van der Waals surface area contributed by atoms with Crippen LogP contribution >= 0.6 is 11.6 Å². The highest BCUT2D eigenvalue weighted by molar-refractivity contribution is 7.92. The smallest absolute Gasteiger partial charge is 0.261 e. The van der Waals surface area contributed by atoms with Gasteiger partial charge in [0.05, 0.1) is 33.0 Å². The molecule has 0 aliphatic carbocycles. The summed E-state index contributed by atoms with van der Waals surface area (Å²) >= 11 is 5.63. The number of sulfonamides is 1. The minimum atomic E-state index is -3.79. The maximum Gasteiger partial charge on any atom is 0.261 e. The molecular weight excluding hydrogens is 317 g/mol. The average molecular weight is 326 g/mol. The summed E-state index contributed by atoms with van der Waals surface area (Å²) in [6.07, 6.45) is 1.48. The third-order valence-corrected chi connectivity index (χ3v) is 4.54. The van der Waals surface area contributed by atoms with Crippen LogP contribution in [0.2, 0.25) is 5.02 Å². The van der Waals surface area contributed by atoms with Gasteiger partial charge < -0.3 is 4.98 Å². The van der Waals surface area contributed by atoms with Crippen molar-refractivity contribution in [1.82, 2.24) is 9.97 Å². The van der Waals surface area contributed by atoms with Gasteiger partial charge >= 0.3 is 0 Å². The number of hydrogen-bond donors (Lipinski definition) is 2. The maximum absolute atomic E-state index is 13.1. The summed E-state index contributed by atoms with van der Waals surface area (Å²) < 4.78 is 40.0. The van der Waals surface area contributed by atoms with Crippen molar-refractivity contribution >= 4 is 38.3 Å². The van der Waals surface area contributed by atoms with E-state index in [0.29, 0.717) is 11.0 Å². The van der Waals surface area contributed by atoms with E-state index in [9.17, 15) is 12.8 Å². The number of H-pyrrole nitrogens is 1. The fourth-order valence-electron chi connectivity index (χ4n) is 1.86. The summed E-state index contributed by atoms with van der Waals surface area (Å²) in [6, 6.07) is 8.11. The van der Waals surface area contributed by atoms with E-state index in [-0.39, 0.29) is 15.6 Å². The van der Waals surface area contributed by atoms with Gasteiger partial charge in [-0.1, -0.05) is 11.6 Å². The zero-order valence-electron chi connectivity index (χ0n) is 10.5. The van der Waals surface area contributed by atoms with E-state index in [2.05, 4.69) is 14.7 Å². The molecule has 0 atom stereocenters. The highest BCUT2D eigenvalue weighted by Gasteiger charge is 2.16. The lowest BCUT2D eigenvalue weighted by Gasteiger charge is -2.08. The van der Waals surface area contributed by atoms with E-state index in [1.165, 1.54) is 30.6 Å². The molecule has 0 saturated heterocycles. The molecule has 5 nitrogen and oxygen atoms in total. The average Bonchev–Trinajstić information content (AvgIpc) is 2.90. The lowest BCUT2D eigenvalue weighted by molar-refractivity contribution is 0.601. The molecule has 8 heteroatoms. The minimum absolute atomic E-state index is 0.0692. The number of rotatable bonds is 3. The Morgan fingerprint density at radius 2 is 2.00 bits per heavy atom. The molecule has 0 aliphatic heterocycles. The summed E-state index contributed by atoms with van der Waals surface area (Å²) in [7, 11) is -3.79. The second-order valence-electron chi connectivity index (χ2n) is 4.32. The molecule has 0 unspecified atom stereocenters. The molecule has 0 aliphatic rings. The summed E-state index contributed by atoms with van der Waals surface area (Å²) in [5, 5.41) is -0.153. The van der Waals surface area contributed by atoms with Crippen molar-refractivity contribution in [1.29, 1.82) is 0 Å². The lowest BCUT2D eigenvalue weighted by atomic mass is 10.3. The maximum atomic E-state index is 13.1. The monoisotopic (exact) mass is 325 g/mol. The Hall–Kier alpha value is -2.12. The van der Waals surface area contributed by atoms with E-state index in [1.54, 1.807) is 6.07 Å². The van der Waals surface area contributed by atoms with Gasteiger partial charge in [0.2, 0.25) is 0 Å². The first-order valence-corrected chi connectivity index (χ1v) is 7.73. The predicted molar refractivity (Wildman–Crippen MR) is 78.3 cm³/mol. The normalized spacial score (nSPS) is 11.7. The van der Waals surface area contributed by atoms with Crippen LogP contribution in [-0.4, -0.2) is 18.4 Å². The third kappa shape index (κ3) is 2.70. The van der Waals surface area contributed by atoms with Gasteiger partial charge in [0.25, 0.3) is 10.0 Å². The first kappa shape index (κ1) is 13.8. The molecule has 0 amide bonds. The molecule has 2 aromatic carbocycles. The van der Waals surface area contributed by atoms with E-state index >= 15 is 0 Å². The van der Waals surface area contributed by atoms with Crippen molar-refractivity contribution in [3.63, 3.8) is 0 Å². The summed E-state index contributed by atoms with van der Waals surface area (Å²) in [4.78, 5) is 6.92. The minimum Gasteiger partial charge on any atom is -0.345 e. The Bertz CT molecular complexity index is 924. The second-order valence-corrected chi connectivity index (χ2v) is 6.41. The highest BCUT2D eigenvalue weighted by Crippen LogP contribution is 2.23. The second kappa shape index (κ2) is 5.01. The zero-order chi connectivity index (χ0) is 15.0. The van der Waals surface area contributed by atoms with E-state index < -0.39 is 15.8 Å². The first-order chi connectivity index (χ1) is 9.95. The van der Waals surface area contributed by atoms with Crippen LogP contribution in [0.4, 0.5) is 10.1 Å². The van der Waals surface area contributed by atoms with Crippen LogP contribution in [-0.2, 0) is 10.0 Å². The molecule has 21 heavy (non-hydrogen) atoms. The van der Waals surface area contributed by atoms with Gasteiger partial charge in [0, 0.05) is 0 Å². The largest absolute Gasteiger partial charge is 0.345 e. The number of fused-ring (bicyclic) bond motifs is 1. The lowest BCUT2D eigenvalue weighted by Crippen LogP contribution is -2.12. The molecule has 2 N–H and O–H groups in total. The molecule has 3 aromatic rings. The van der Waals surface area contributed by atoms with E-state index in [1.807, 2.05) is 0 Å². The number of aromatic amines is 1. The zero-order valence-corrected chi connectivity index (χ0v) is 12.0. The van der Waals surface area contributed by atoms with Gasteiger partial charge in [-0.25, -0.2) is 17.8 Å². The fraction of sp³-hybridized carbons (Fsp3) is 0. The summed E-state index contributed by atoms with van der Waals surface area (Å²) in [5.41, 5.74) is 1.46. The molecule has 0 spiro atoms. The number of aromatic nitrogens is 2. The van der Waals surface area contributed by atoms with E-state index in [0.717, 1.165) is 6.07 Å². The number of anilines is 1. The topological polar surface area (TPSA) is 74.8 Å². The Morgan fingerprint density at radius 1 is 1.19 bits per heavy atom. The van der Waals surface area contributed by atoms with Crippen LogP contribution in [0, 0.1) is 5.82 Å². The fourth-order valence-corrected chi connectivity index (χ4v) is 3.11. The van der Waals surface area contributed by atoms with Crippen molar-refractivity contribution in [3.8, 4) is 0 Å². The van der Waals surface area contributed by atoms with Gasteiger partial charge in [-0.3, -0.25) is 4.72 Å². The van der Waals surface area contributed by atoms with Gasteiger partial charge in [-0.2, -0.15) is 0 Å². The van der Waals surface area contributed by atoms with Crippen LogP contribution in [0.1, 0.15) is 0 Å². The SMILES string of the molecule is O=S(=O)(Nc1ccc(F)c(Cl)c1)c1ccc2nc[nH]c2c1. The van der Waals surface area contributed by atoms with Crippen molar-refractivity contribution < 1.29 is 12.8 Å². The molecule has 0 fully saturated rings. The molecule has 1 aromatic heterocycles. The quantitative estimate of drug-likeness (QED) is 0.776. The van der Waals surface area contributed by atoms with Gasteiger partial charge in [-0.05, 0) is 36.4 Å². The number of nitrogens with one attached hydrogen (secondary N) is 2. The van der Waals surface area contributed by atoms with Crippen molar-refractivity contribution in [2.45, 2.75) is 4.90 Å². The highest BCUT2D eigenvalue weighted by atomic mass is 35.5. The number of benzene rings is 2. The molecule has 108 valence electrons. The first-order valence-electron chi connectivity index (χ1n) is 5.87. The third-order valence-electron chi connectivity index (χ3n) is 2.87. The Morgan fingerprint density at radius 3 is 2.76 bits per heavy atom. The Kier molecular flexibility index (Phi) is 3.30. The predicted octanol–water partition coefficient (Wildman–Crippen LogP) is 3.16. The van der Waals surface area contributed by atoms with Crippen molar-refractivity contribution in [3.05, 3.63) is 53.6 Å². The van der Waals surface area contributed by atoms with Crippen LogP contribution < -0.4 is 4.72 Å². The van der Waals surface area contributed by atoms with Gasteiger partial charge in [0.1, 0.15) is 5.82 Å². The van der Waals surface area contributed by atoms with Crippen LogP contribution in [0.15, 0.2) is 47.6 Å². The van der Waals surface area contributed by atoms with Crippen LogP contribution in [0.5, 0.6) is 0 Å². The van der Waals surface area contributed by atoms with Crippen molar-refractivity contribution in [2.24, 2.45) is 0 Å². The number of imidazole rings is 1. The van der Waals surface area contributed by atoms with Crippen LogP contribution in [0.25, 0.3) is 11.0 Å². The standard InChI is InChI=1S/C13H9ClFN3O2S/c14-10-5-8(1-3-11(10)15)18-21(19,20)9-2-4-12-13(6-9)17-7-16-12/h1-7,18H,(H,16,17). The molecular formula is C13H9ClFN3O2S. The summed E-state index contributed by atoms with van der Waals surface area (Å²) in [5.74, 6) is -0.613. The molecule has 0 saturated carbocycles. The number of hydrogen-bond acceptors (Lipinski definition) is 3. The Balaban J connectivity index is 1.97. The van der Waals surface area contributed by atoms with Crippen molar-refractivity contribution in [2.75, 3.05) is 4.72 Å². The molecule has 0 bridgehead atoms. The molecule has 3 rings (SSSR count). The van der Waals surface area contributed by atoms with Crippen LogP contribution in [0.3, 0.4) is 0 Å². The Labute approximate surface area is 124 Å². The van der Waals surface area contributed by atoms with E-state index in [4.69, 9.17) is 11.6 Å².